The average molecular weight is 309 g/mol. The third kappa shape index (κ3) is 3.50. The van der Waals surface area contributed by atoms with Crippen molar-refractivity contribution in [2.75, 3.05) is 11.5 Å². The summed E-state index contributed by atoms with van der Waals surface area (Å²) in [5, 5.41) is 0. The number of benzene rings is 1. The lowest BCUT2D eigenvalue weighted by atomic mass is 10.2. The fraction of sp³-hybridized carbons (Fsp3) is 0.500. The van der Waals surface area contributed by atoms with Gasteiger partial charge < -0.3 is 0 Å². The molecule has 1 aromatic carbocycles. The average Bonchev–Trinajstić information content (AvgIpc) is 2.41. The van der Waals surface area contributed by atoms with Crippen molar-refractivity contribution < 1.29 is 0 Å². The Balaban J connectivity index is 2.26. The molecule has 0 saturated carbocycles. The summed E-state index contributed by atoms with van der Waals surface area (Å²) in [7, 11) is -1.33. The Hall–Kier alpha value is -0.123. The standard InChI is InChI=1S/C16H24S2Si/c1-4-13-19(2,3)16(17-11-8-12-18-16)14-15-9-6-5-7-10-15/h4-7,9-10H,1,8,11-14H2,2-3H3. The number of hydrogen-bond acceptors (Lipinski definition) is 2. The Kier molecular flexibility index (Phi) is 5.27. The molecule has 0 radical (unpaired) electrons. The number of allylic oxidation sites excluding steroid dienone is 1. The van der Waals surface area contributed by atoms with Crippen LogP contribution in [0.1, 0.15) is 12.0 Å². The monoisotopic (exact) mass is 308 g/mol. The molecule has 1 saturated heterocycles. The maximum Gasteiger partial charge on any atom is 0.0823 e. The molecule has 1 aliphatic rings. The zero-order chi connectivity index (χ0) is 13.8. The molecule has 1 aliphatic heterocycles. The number of rotatable bonds is 5. The SMILES string of the molecule is C=CC[Si](C)(C)C1(Cc2ccccc2)SCCCS1. The Morgan fingerprint density at radius 3 is 2.42 bits per heavy atom. The van der Waals surface area contributed by atoms with Gasteiger partial charge in [-0.1, -0.05) is 49.5 Å². The van der Waals surface area contributed by atoms with Gasteiger partial charge in [0.2, 0.25) is 0 Å². The van der Waals surface area contributed by atoms with Gasteiger partial charge >= 0.3 is 0 Å². The Bertz CT molecular complexity index is 408. The van der Waals surface area contributed by atoms with Crippen molar-refractivity contribution in [3.05, 3.63) is 48.6 Å². The molecule has 0 nitrogen and oxygen atoms in total. The molecule has 0 N–H and O–H groups in total. The van der Waals surface area contributed by atoms with Crippen LogP contribution >= 0.6 is 23.5 Å². The predicted molar refractivity (Wildman–Crippen MR) is 94.9 cm³/mol. The second-order valence-corrected chi connectivity index (χ2v) is 14.6. The minimum Gasteiger partial charge on any atom is -0.147 e. The van der Waals surface area contributed by atoms with Gasteiger partial charge in [-0.05, 0) is 36.0 Å². The molecule has 2 rings (SSSR count). The van der Waals surface area contributed by atoms with Gasteiger partial charge in [-0.3, -0.25) is 0 Å². The van der Waals surface area contributed by atoms with Gasteiger partial charge in [0, 0.05) is 0 Å². The van der Waals surface area contributed by atoms with E-state index >= 15 is 0 Å². The fourth-order valence-electron chi connectivity index (χ4n) is 2.69. The summed E-state index contributed by atoms with van der Waals surface area (Å²) in [6, 6.07) is 12.3. The van der Waals surface area contributed by atoms with Crippen LogP contribution in [-0.4, -0.2) is 23.3 Å². The van der Waals surface area contributed by atoms with Gasteiger partial charge in [-0.2, -0.15) is 0 Å². The van der Waals surface area contributed by atoms with E-state index in [0.717, 1.165) is 0 Å². The minimum absolute atomic E-state index is 0.431. The van der Waals surface area contributed by atoms with E-state index < -0.39 is 8.07 Å². The van der Waals surface area contributed by atoms with E-state index in [-0.39, 0.29) is 0 Å². The van der Waals surface area contributed by atoms with Crippen LogP contribution in [0.2, 0.25) is 19.1 Å². The summed E-state index contributed by atoms with van der Waals surface area (Å²) in [4.78, 5) is 0. The van der Waals surface area contributed by atoms with Gasteiger partial charge in [0.05, 0.1) is 11.8 Å². The van der Waals surface area contributed by atoms with E-state index in [1.807, 2.05) is 0 Å². The number of hydrogen-bond donors (Lipinski definition) is 0. The molecule has 0 bridgehead atoms. The highest BCUT2D eigenvalue weighted by Gasteiger charge is 2.47. The Labute approximate surface area is 127 Å². The summed E-state index contributed by atoms with van der Waals surface area (Å²) >= 11 is 4.46. The summed E-state index contributed by atoms with van der Waals surface area (Å²) in [5.74, 6) is 2.65. The summed E-state index contributed by atoms with van der Waals surface area (Å²) in [5.41, 5.74) is 1.49. The lowest BCUT2D eigenvalue weighted by molar-refractivity contribution is 0.958. The van der Waals surface area contributed by atoms with E-state index in [9.17, 15) is 0 Å². The van der Waals surface area contributed by atoms with Gasteiger partial charge in [0.15, 0.2) is 0 Å². The molecule has 0 atom stereocenters. The van der Waals surface area contributed by atoms with Crippen LogP contribution in [0, 0.1) is 0 Å². The highest BCUT2D eigenvalue weighted by Crippen LogP contribution is 2.51. The van der Waals surface area contributed by atoms with Crippen LogP contribution in [0.15, 0.2) is 43.0 Å². The van der Waals surface area contributed by atoms with Crippen molar-refractivity contribution in [1.82, 2.24) is 0 Å². The third-order valence-electron chi connectivity index (χ3n) is 3.92. The molecule has 1 fully saturated rings. The first-order chi connectivity index (χ1) is 9.10. The Morgan fingerprint density at radius 1 is 1.21 bits per heavy atom. The normalized spacial score (nSPS) is 19.1. The van der Waals surface area contributed by atoms with Crippen LogP contribution in [-0.2, 0) is 6.42 Å². The molecule has 104 valence electrons. The first-order valence-electron chi connectivity index (χ1n) is 7.02. The third-order valence-corrected chi connectivity index (χ3v) is 14.6. The van der Waals surface area contributed by atoms with E-state index in [0.29, 0.717) is 3.70 Å². The molecule has 19 heavy (non-hydrogen) atoms. The fourth-order valence-corrected chi connectivity index (χ4v) is 11.4. The van der Waals surface area contributed by atoms with Crippen LogP contribution < -0.4 is 0 Å². The molecule has 3 heteroatoms. The van der Waals surface area contributed by atoms with Crippen molar-refractivity contribution in [3.63, 3.8) is 0 Å². The highest BCUT2D eigenvalue weighted by atomic mass is 32.2. The second kappa shape index (κ2) is 6.55. The molecule has 0 aromatic heterocycles. The van der Waals surface area contributed by atoms with Crippen molar-refractivity contribution in [2.24, 2.45) is 0 Å². The van der Waals surface area contributed by atoms with Gasteiger partial charge in [-0.25, -0.2) is 0 Å². The molecular formula is C16H24S2Si. The summed E-state index contributed by atoms with van der Waals surface area (Å²) < 4.78 is 0.431. The van der Waals surface area contributed by atoms with E-state index in [1.54, 1.807) is 0 Å². The molecule has 0 amide bonds. The zero-order valence-corrected chi connectivity index (χ0v) is 14.7. The van der Waals surface area contributed by atoms with E-state index in [2.05, 4.69) is 79.6 Å². The maximum absolute atomic E-state index is 4.00. The lowest BCUT2D eigenvalue weighted by Gasteiger charge is -2.47. The minimum atomic E-state index is -1.33. The van der Waals surface area contributed by atoms with Crippen molar-refractivity contribution in [2.45, 2.75) is 35.7 Å². The van der Waals surface area contributed by atoms with Crippen LogP contribution in [0.4, 0.5) is 0 Å². The molecule has 1 aromatic rings. The summed E-state index contributed by atoms with van der Waals surface area (Å²) in [6.07, 6.45) is 4.73. The summed E-state index contributed by atoms with van der Waals surface area (Å²) in [6.45, 7) is 9.08. The Morgan fingerprint density at radius 2 is 1.84 bits per heavy atom. The van der Waals surface area contributed by atoms with Crippen molar-refractivity contribution in [1.29, 1.82) is 0 Å². The number of thioether (sulfide) groups is 2. The molecule has 0 spiro atoms. The smallest absolute Gasteiger partial charge is 0.0823 e. The largest absolute Gasteiger partial charge is 0.147 e. The van der Waals surface area contributed by atoms with Crippen LogP contribution in [0.25, 0.3) is 0 Å². The quantitative estimate of drug-likeness (QED) is 0.539. The van der Waals surface area contributed by atoms with Gasteiger partial charge in [0.1, 0.15) is 0 Å². The highest BCUT2D eigenvalue weighted by molar-refractivity contribution is 8.21. The van der Waals surface area contributed by atoms with E-state index in [1.165, 1.54) is 36.0 Å². The molecule has 0 unspecified atom stereocenters. The molecule has 0 aliphatic carbocycles. The topological polar surface area (TPSA) is 0 Å². The van der Waals surface area contributed by atoms with E-state index in [4.69, 9.17) is 0 Å². The van der Waals surface area contributed by atoms with Crippen molar-refractivity contribution >= 4 is 31.6 Å². The molecular weight excluding hydrogens is 284 g/mol. The predicted octanol–water partition coefficient (Wildman–Crippen LogP) is 5.23. The lowest BCUT2D eigenvalue weighted by Crippen LogP contribution is -2.52. The van der Waals surface area contributed by atoms with Crippen LogP contribution in [0.3, 0.4) is 0 Å². The first kappa shape index (κ1) is 15.3. The van der Waals surface area contributed by atoms with Gasteiger partial charge in [0.25, 0.3) is 0 Å². The molecule has 1 heterocycles. The van der Waals surface area contributed by atoms with Crippen molar-refractivity contribution in [3.8, 4) is 0 Å². The second-order valence-electron chi connectivity index (χ2n) is 5.84. The van der Waals surface area contributed by atoms with Gasteiger partial charge in [-0.15, -0.1) is 30.1 Å². The van der Waals surface area contributed by atoms with Crippen LogP contribution in [0.5, 0.6) is 0 Å². The first-order valence-corrected chi connectivity index (χ1v) is 12.2. The maximum atomic E-state index is 4.00. The zero-order valence-electron chi connectivity index (χ0n) is 12.0.